The predicted molar refractivity (Wildman–Crippen MR) is 82.3 cm³/mol. The first kappa shape index (κ1) is 14.3. The number of hydrogen-bond donors (Lipinski definition) is 0. The van der Waals surface area contributed by atoms with E-state index in [0.717, 1.165) is 28.1 Å². The summed E-state index contributed by atoms with van der Waals surface area (Å²) in [5.41, 5.74) is 0. The summed E-state index contributed by atoms with van der Waals surface area (Å²) in [6, 6.07) is 4.05. The largest absolute Gasteiger partial charge is 0.338 e. The second-order valence-corrected chi connectivity index (χ2v) is 6.76. The number of aromatic nitrogens is 5. The number of nitrogens with zero attached hydrogens (tertiary/aromatic N) is 5. The average Bonchev–Trinajstić information content (AvgIpc) is 3.20. The second-order valence-electron chi connectivity index (χ2n) is 4.50. The molecule has 3 aromatic rings. The molecule has 3 heterocycles. The van der Waals surface area contributed by atoms with Gasteiger partial charge in [-0.3, -0.25) is 0 Å². The fraction of sp³-hybridized carbons (Fsp3) is 0.385. The number of rotatable bonds is 5. The first-order valence-electron chi connectivity index (χ1n) is 6.61. The summed E-state index contributed by atoms with van der Waals surface area (Å²) < 4.78 is 7.26. The minimum atomic E-state index is 0.0388. The van der Waals surface area contributed by atoms with Gasteiger partial charge in [0.1, 0.15) is 0 Å². The van der Waals surface area contributed by atoms with Gasteiger partial charge in [-0.05, 0) is 18.4 Å². The van der Waals surface area contributed by atoms with Crippen molar-refractivity contribution in [3.05, 3.63) is 29.2 Å². The van der Waals surface area contributed by atoms with E-state index in [-0.39, 0.29) is 5.25 Å². The normalized spacial score (nSPS) is 12.7. The number of aryl methyl sites for hydroxylation is 1. The van der Waals surface area contributed by atoms with Crippen LogP contribution in [0.25, 0.3) is 10.7 Å². The Hall–Kier alpha value is -1.67. The summed E-state index contributed by atoms with van der Waals surface area (Å²) in [7, 11) is 1.97. The van der Waals surface area contributed by atoms with Gasteiger partial charge in [0.15, 0.2) is 16.8 Å². The summed E-state index contributed by atoms with van der Waals surface area (Å²) in [6.45, 7) is 4.03. The molecule has 0 bridgehead atoms. The molecule has 21 heavy (non-hydrogen) atoms. The van der Waals surface area contributed by atoms with Gasteiger partial charge in [-0.1, -0.05) is 29.9 Å². The molecular weight excluding hydrogens is 306 g/mol. The zero-order valence-electron chi connectivity index (χ0n) is 12.0. The Bertz CT molecular complexity index is 719. The van der Waals surface area contributed by atoms with Gasteiger partial charge in [-0.15, -0.1) is 21.5 Å². The maximum atomic E-state index is 5.27. The van der Waals surface area contributed by atoms with Crippen LogP contribution < -0.4 is 0 Å². The second kappa shape index (κ2) is 5.98. The summed E-state index contributed by atoms with van der Waals surface area (Å²) in [5, 5.41) is 15.4. The summed E-state index contributed by atoms with van der Waals surface area (Å²) in [5.74, 6) is 2.23. The molecule has 0 N–H and O–H groups in total. The van der Waals surface area contributed by atoms with Crippen molar-refractivity contribution in [1.29, 1.82) is 0 Å². The van der Waals surface area contributed by atoms with Crippen molar-refractivity contribution in [2.45, 2.75) is 30.7 Å². The lowest BCUT2D eigenvalue weighted by atomic mass is 10.4. The van der Waals surface area contributed by atoms with Gasteiger partial charge in [0.25, 0.3) is 0 Å². The maximum absolute atomic E-state index is 5.27. The standard InChI is InChI=1S/C13H15N5OS2/c1-4-10-14-12(19-17-10)8(2)21-13-16-15-11(18(13)3)9-6-5-7-20-9/h5-8H,4H2,1-3H3. The van der Waals surface area contributed by atoms with Gasteiger partial charge in [-0.25, -0.2) is 0 Å². The number of thioether (sulfide) groups is 1. The lowest BCUT2D eigenvalue weighted by molar-refractivity contribution is 0.375. The molecule has 0 saturated carbocycles. The van der Waals surface area contributed by atoms with Crippen LogP contribution in [-0.2, 0) is 13.5 Å². The van der Waals surface area contributed by atoms with E-state index < -0.39 is 0 Å². The fourth-order valence-electron chi connectivity index (χ4n) is 1.82. The summed E-state index contributed by atoms with van der Waals surface area (Å²) >= 11 is 3.21. The zero-order chi connectivity index (χ0) is 14.8. The highest BCUT2D eigenvalue weighted by atomic mass is 32.2. The topological polar surface area (TPSA) is 69.6 Å². The summed E-state index contributed by atoms with van der Waals surface area (Å²) in [6.07, 6.45) is 0.771. The highest BCUT2D eigenvalue weighted by molar-refractivity contribution is 7.99. The van der Waals surface area contributed by atoms with Crippen LogP contribution in [-0.4, -0.2) is 24.9 Å². The van der Waals surface area contributed by atoms with Crippen LogP contribution >= 0.6 is 23.1 Å². The third kappa shape index (κ3) is 2.86. The highest BCUT2D eigenvalue weighted by Gasteiger charge is 2.19. The Labute approximate surface area is 130 Å². The minimum absolute atomic E-state index is 0.0388. The SMILES string of the molecule is CCc1noc(C(C)Sc2nnc(-c3cccs3)n2C)n1. The predicted octanol–water partition coefficient (Wildman–Crippen LogP) is 3.34. The molecule has 3 rings (SSSR count). The summed E-state index contributed by atoms with van der Waals surface area (Å²) in [4.78, 5) is 5.46. The Balaban J connectivity index is 1.79. The monoisotopic (exact) mass is 321 g/mol. The third-order valence-electron chi connectivity index (χ3n) is 3.01. The molecule has 3 aromatic heterocycles. The molecule has 0 spiro atoms. The Morgan fingerprint density at radius 1 is 1.43 bits per heavy atom. The van der Waals surface area contributed by atoms with Gasteiger partial charge in [0.2, 0.25) is 5.89 Å². The van der Waals surface area contributed by atoms with Crippen LogP contribution in [0.2, 0.25) is 0 Å². The van der Waals surface area contributed by atoms with Crippen LogP contribution in [0, 0.1) is 0 Å². The smallest absolute Gasteiger partial charge is 0.239 e. The van der Waals surface area contributed by atoms with Gasteiger partial charge in [0, 0.05) is 13.5 Å². The molecule has 110 valence electrons. The molecule has 0 aliphatic carbocycles. The Kier molecular flexibility index (Phi) is 4.07. The zero-order valence-corrected chi connectivity index (χ0v) is 13.6. The van der Waals surface area contributed by atoms with Crippen molar-refractivity contribution in [3.8, 4) is 10.7 Å². The maximum Gasteiger partial charge on any atom is 0.239 e. The van der Waals surface area contributed by atoms with Crippen molar-refractivity contribution in [2.24, 2.45) is 7.05 Å². The van der Waals surface area contributed by atoms with E-state index in [9.17, 15) is 0 Å². The Morgan fingerprint density at radius 3 is 2.95 bits per heavy atom. The van der Waals surface area contributed by atoms with Crippen LogP contribution in [0.3, 0.4) is 0 Å². The molecular formula is C13H15N5OS2. The molecule has 6 nitrogen and oxygen atoms in total. The lowest BCUT2D eigenvalue weighted by Crippen LogP contribution is -1.96. The van der Waals surface area contributed by atoms with Gasteiger partial charge < -0.3 is 9.09 Å². The van der Waals surface area contributed by atoms with Crippen molar-refractivity contribution in [1.82, 2.24) is 24.9 Å². The van der Waals surface area contributed by atoms with E-state index in [0.29, 0.717) is 5.89 Å². The lowest BCUT2D eigenvalue weighted by Gasteiger charge is -2.05. The molecule has 0 radical (unpaired) electrons. The molecule has 0 amide bonds. The van der Waals surface area contributed by atoms with Crippen molar-refractivity contribution in [3.63, 3.8) is 0 Å². The van der Waals surface area contributed by atoms with Crippen LogP contribution in [0.4, 0.5) is 0 Å². The first-order chi connectivity index (χ1) is 10.2. The molecule has 0 aromatic carbocycles. The van der Waals surface area contributed by atoms with E-state index in [4.69, 9.17) is 4.52 Å². The van der Waals surface area contributed by atoms with Gasteiger partial charge in [0.05, 0.1) is 10.1 Å². The fourth-order valence-corrected chi connectivity index (χ4v) is 3.41. The molecule has 1 unspecified atom stereocenters. The minimum Gasteiger partial charge on any atom is -0.338 e. The molecule has 0 aliphatic rings. The van der Waals surface area contributed by atoms with Gasteiger partial charge >= 0.3 is 0 Å². The Morgan fingerprint density at radius 2 is 2.29 bits per heavy atom. The van der Waals surface area contributed by atoms with E-state index >= 15 is 0 Å². The molecule has 0 saturated heterocycles. The van der Waals surface area contributed by atoms with Crippen LogP contribution in [0.5, 0.6) is 0 Å². The van der Waals surface area contributed by atoms with E-state index in [1.807, 2.05) is 43.0 Å². The van der Waals surface area contributed by atoms with Gasteiger partial charge in [-0.2, -0.15) is 4.98 Å². The average molecular weight is 321 g/mol. The quantitative estimate of drug-likeness (QED) is 0.671. The van der Waals surface area contributed by atoms with Crippen LogP contribution in [0.1, 0.15) is 30.8 Å². The molecule has 1 atom stereocenters. The van der Waals surface area contributed by atoms with E-state index in [1.54, 1.807) is 23.1 Å². The first-order valence-corrected chi connectivity index (χ1v) is 8.37. The highest BCUT2D eigenvalue weighted by Crippen LogP contribution is 2.34. The van der Waals surface area contributed by atoms with Crippen molar-refractivity contribution >= 4 is 23.1 Å². The molecule has 0 aliphatic heterocycles. The molecule has 8 heteroatoms. The number of hydrogen-bond acceptors (Lipinski definition) is 7. The van der Waals surface area contributed by atoms with E-state index in [1.165, 1.54) is 0 Å². The third-order valence-corrected chi connectivity index (χ3v) is 4.99. The molecule has 0 fully saturated rings. The van der Waals surface area contributed by atoms with Crippen molar-refractivity contribution in [2.75, 3.05) is 0 Å². The van der Waals surface area contributed by atoms with Crippen LogP contribution in [0.15, 0.2) is 27.2 Å². The van der Waals surface area contributed by atoms with E-state index in [2.05, 4.69) is 20.3 Å². The number of thiophene rings is 1. The van der Waals surface area contributed by atoms with Crippen molar-refractivity contribution < 1.29 is 4.52 Å².